The van der Waals surface area contributed by atoms with Gasteiger partial charge in [-0.2, -0.15) is 0 Å². The molecule has 0 unspecified atom stereocenters. The van der Waals surface area contributed by atoms with Crippen LogP contribution in [-0.2, 0) is 11.3 Å². The predicted molar refractivity (Wildman–Crippen MR) is 134 cm³/mol. The summed E-state index contributed by atoms with van der Waals surface area (Å²) < 4.78 is 24.7. The van der Waals surface area contributed by atoms with Gasteiger partial charge in [0.2, 0.25) is 12.7 Å². The molecule has 3 aliphatic rings. The van der Waals surface area contributed by atoms with E-state index in [-0.39, 0.29) is 24.1 Å². The van der Waals surface area contributed by atoms with Gasteiger partial charge < -0.3 is 29.7 Å². The lowest BCUT2D eigenvalue weighted by molar-refractivity contribution is -0.127. The van der Waals surface area contributed by atoms with Gasteiger partial charge in [-0.05, 0) is 42.7 Å². The van der Waals surface area contributed by atoms with E-state index in [2.05, 4.69) is 21.2 Å². The fourth-order valence-corrected chi connectivity index (χ4v) is 4.75. The number of anilines is 1. The number of piperazine rings is 1. The van der Waals surface area contributed by atoms with E-state index in [4.69, 9.17) is 14.5 Å². The van der Waals surface area contributed by atoms with Crippen molar-refractivity contribution in [3.05, 3.63) is 47.8 Å². The van der Waals surface area contributed by atoms with E-state index in [1.165, 1.54) is 23.8 Å². The summed E-state index contributed by atoms with van der Waals surface area (Å²) in [6.45, 7) is 6.22. The summed E-state index contributed by atoms with van der Waals surface area (Å²) in [6.07, 6.45) is 2.30. The monoisotopic (exact) mass is 497 g/mol. The number of aliphatic imine (C=N–C) groups is 1. The molecule has 0 aromatic heterocycles. The van der Waals surface area contributed by atoms with Gasteiger partial charge in [-0.15, -0.1) is 0 Å². The van der Waals surface area contributed by atoms with Crippen molar-refractivity contribution in [3.63, 3.8) is 0 Å². The van der Waals surface area contributed by atoms with Crippen molar-refractivity contribution in [2.45, 2.75) is 25.8 Å². The third-order valence-electron chi connectivity index (χ3n) is 6.74. The lowest BCUT2D eigenvalue weighted by atomic mass is 10.1. The van der Waals surface area contributed by atoms with Crippen LogP contribution in [0.1, 0.15) is 24.8 Å². The average molecular weight is 498 g/mol. The zero-order valence-electron chi connectivity index (χ0n) is 20.3. The highest BCUT2D eigenvalue weighted by molar-refractivity contribution is 5.95. The molecule has 0 aliphatic carbocycles. The minimum atomic E-state index is -0.434. The number of phenols is 1. The first-order valence-electron chi connectivity index (χ1n) is 12.5. The Balaban J connectivity index is 1.21. The minimum Gasteiger partial charge on any atom is -0.506 e. The standard InChI is InChI=1S/C26H32FN5O4/c27-20-5-6-22(33)21(16-20)29-26(28-8-2-10-31-9-1-3-25(31)34)32-13-11-30(12-14-32)17-19-4-7-23-24(15-19)36-18-35-23/h4-7,15-16,33H,1-3,8-14,17-18H2,(H,28,29). The topological polar surface area (TPSA) is 89.9 Å². The van der Waals surface area contributed by atoms with Gasteiger partial charge in [0.15, 0.2) is 17.5 Å². The summed E-state index contributed by atoms with van der Waals surface area (Å²) >= 11 is 0. The molecule has 2 N–H and O–H groups in total. The fraction of sp³-hybridized carbons (Fsp3) is 0.462. The van der Waals surface area contributed by atoms with Gasteiger partial charge in [-0.1, -0.05) is 6.07 Å². The fourth-order valence-electron chi connectivity index (χ4n) is 4.75. The van der Waals surface area contributed by atoms with Crippen LogP contribution in [0.25, 0.3) is 0 Å². The highest BCUT2D eigenvalue weighted by Crippen LogP contribution is 2.33. The molecule has 3 aliphatic heterocycles. The third kappa shape index (κ3) is 5.81. The first-order valence-corrected chi connectivity index (χ1v) is 12.5. The van der Waals surface area contributed by atoms with Crippen molar-refractivity contribution in [3.8, 4) is 17.2 Å². The first kappa shape index (κ1) is 24.2. The van der Waals surface area contributed by atoms with E-state index in [1.54, 1.807) is 0 Å². The summed E-state index contributed by atoms with van der Waals surface area (Å²) in [5.41, 5.74) is 1.45. The maximum absolute atomic E-state index is 13.8. The van der Waals surface area contributed by atoms with Gasteiger partial charge in [0.1, 0.15) is 11.6 Å². The molecule has 5 rings (SSSR count). The van der Waals surface area contributed by atoms with Gasteiger partial charge in [0.05, 0.1) is 5.69 Å². The number of hydrogen-bond acceptors (Lipinski definition) is 6. The lowest BCUT2D eigenvalue weighted by Crippen LogP contribution is -2.50. The average Bonchev–Trinajstić information content (AvgIpc) is 3.52. The normalized spacial score (nSPS) is 18.2. The lowest BCUT2D eigenvalue weighted by Gasteiger charge is -2.36. The van der Waals surface area contributed by atoms with Crippen LogP contribution < -0.4 is 14.8 Å². The maximum Gasteiger partial charge on any atom is 0.231 e. The van der Waals surface area contributed by atoms with E-state index in [1.807, 2.05) is 17.0 Å². The van der Waals surface area contributed by atoms with Crippen molar-refractivity contribution in [1.82, 2.24) is 14.7 Å². The number of ether oxygens (including phenoxy) is 2. The number of halogens is 1. The van der Waals surface area contributed by atoms with Crippen LogP contribution in [0.4, 0.5) is 10.1 Å². The molecule has 0 bridgehead atoms. The molecule has 10 heteroatoms. The Bertz CT molecular complexity index is 1120. The van der Waals surface area contributed by atoms with Crippen LogP contribution in [0.15, 0.2) is 41.4 Å². The highest BCUT2D eigenvalue weighted by Gasteiger charge is 2.23. The van der Waals surface area contributed by atoms with Crippen molar-refractivity contribution >= 4 is 17.6 Å². The zero-order chi connectivity index (χ0) is 24.9. The summed E-state index contributed by atoms with van der Waals surface area (Å²) in [5, 5.41) is 13.4. The van der Waals surface area contributed by atoms with E-state index in [9.17, 15) is 14.3 Å². The van der Waals surface area contributed by atoms with Crippen molar-refractivity contribution in [2.75, 3.05) is 57.9 Å². The van der Waals surface area contributed by atoms with Crippen LogP contribution in [0, 0.1) is 5.82 Å². The van der Waals surface area contributed by atoms with E-state index >= 15 is 0 Å². The first-order chi connectivity index (χ1) is 17.5. The van der Waals surface area contributed by atoms with Gasteiger partial charge in [-0.3, -0.25) is 14.7 Å². The second-order valence-corrected chi connectivity index (χ2v) is 9.28. The number of phenolic OH excluding ortho intramolecular Hbond substituents is 1. The Morgan fingerprint density at radius 2 is 1.89 bits per heavy atom. The predicted octanol–water partition coefficient (Wildman–Crippen LogP) is 2.86. The van der Waals surface area contributed by atoms with Gasteiger partial charge in [0, 0.05) is 64.8 Å². The summed E-state index contributed by atoms with van der Waals surface area (Å²) in [4.78, 5) is 23.0. The number of nitrogens with zero attached hydrogens (tertiary/aromatic N) is 4. The van der Waals surface area contributed by atoms with Crippen LogP contribution >= 0.6 is 0 Å². The molecule has 0 atom stereocenters. The molecule has 9 nitrogen and oxygen atoms in total. The largest absolute Gasteiger partial charge is 0.506 e. The van der Waals surface area contributed by atoms with Crippen molar-refractivity contribution in [1.29, 1.82) is 0 Å². The van der Waals surface area contributed by atoms with Crippen LogP contribution in [0.3, 0.4) is 0 Å². The van der Waals surface area contributed by atoms with Crippen molar-refractivity contribution < 1.29 is 23.8 Å². The summed E-state index contributed by atoms with van der Waals surface area (Å²) in [5.74, 6) is 1.91. The highest BCUT2D eigenvalue weighted by atomic mass is 19.1. The SMILES string of the molecule is O=C1CCCN1CCCN=C(Nc1cc(F)ccc1O)N1CCN(Cc2ccc3c(c2)OCO3)CC1. The quantitative estimate of drug-likeness (QED) is 0.263. The molecule has 2 saturated heterocycles. The molecule has 0 saturated carbocycles. The van der Waals surface area contributed by atoms with E-state index in [0.717, 1.165) is 63.6 Å². The third-order valence-corrected chi connectivity index (χ3v) is 6.74. The molecule has 0 spiro atoms. The summed E-state index contributed by atoms with van der Waals surface area (Å²) in [7, 11) is 0. The van der Waals surface area contributed by atoms with Gasteiger partial charge >= 0.3 is 0 Å². The van der Waals surface area contributed by atoms with Gasteiger partial charge in [0.25, 0.3) is 0 Å². The van der Waals surface area contributed by atoms with Crippen LogP contribution in [-0.4, -0.2) is 84.3 Å². The number of aromatic hydroxyl groups is 1. The molecule has 0 radical (unpaired) electrons. The maximum atomic E-state index is 13.8. The number of amides is 1. The number of hydrogen-bond donors (Lipinski definition) is 2. The molecule has 36 heavy (non-hydrogen) atoms. The number of carbonyl (C=O) groups excluding carboxylic acids is 1. The molecule has 2 aromatic carbocycles. The number of fused-ring (bicyclic) bond motifs is 1. The Morgan fingerprint density at radius 3 is 2.69 bits per heavy atom. The van der Waals surface area contributed by atoms with Crippen molar-refractivity contribution in [2.24, 2.45) is 4.99 Å². The molecule has 1 amide bonds. The molecule has 3 heterocycles. The number of likely N-dealkylation sites (tertiary alicyclic amines) is 1. The van der Waals surface area contributed by atoms with Crippen LogP contribution in [0.5, 0.6) is 17.2 Å². The molecule has 2 fully saturated rings. The van der Waals surface area contributed by atoms with E-state index in [0.29, 0.717) is 25.5 Å². The Morgan fingerprint density at radius 1 is 1.06 bits per heavy atom. The number of guanidine groups is 1. The number of nitrogens with one attached hydrogen (secondary N) is 1. The number of rotatable bonds is 7. The smallest absolute Gasteiger partial charge is 0.231 e. The van der Waals surface area contributed by atoms with Gasteiger partial charge in [-0.25, -0.2) is 4.39 Å². The van der Waals surface area contributed by atoms with Crippen LogP contribution in [0.2, 0.25) is 0 Å². The zero-order valence-corrected chi connectivity index (χ0v) is 20.3. The molecule has 2 aromatic rings. The minimum absolute atomic E-state index is 0.0341. The Hall–Kier alpha value is -3.53. The molecule has 192 valence electrons. The Labute approximate surface area is 210 Å². The number of benzene rings is 2. The van der Waals surface area contributed by atoms with E-state index < -0.39 is 5.82 Å². The Kier molecular flexibility index (Phi) is 7.41. The summed E-state index contributed by atoms with van der Waals surface area (Å²) in [6, 6.07) is 9.86. The number of carbonyl (C=O) groups is 1. The molecular formula is C26H32FN5O4. The second-order valence-electron chi connectivity index (χ2n) is 9.28. The second kappa shape index (κ2) is 11.0. The molecular weight excluding hydrogens is 465 g/mol.